The van der Waals surface area contributed by atoms with E-state index in [1.165, 1.54) is 15.6 Å². The van der Waals surface area contributed by atoms with E-state index in [4.69, 9.17) is 0 Å². The van der Waals surface area contributed by atoms with Crippen molar-refractivity contribution in [3.63, 3.8) is 0 Å². The lowest BCUT2D eigenvalue weighted by Crippen LogP contribution is -2.41. The van der Waals surface area contributed by atoms with Crippen molar-refractivity contribution >= 4 is 55.0 Å². The van der Waals surface area contributed by atoms with E-state index in [1.54, 1.807) is 23.2 Å². The molecule has 0 aliphatic carbocycles. The summed E-state index contributed by atoms with van der Waals surface area (Å²) in [7, 11) is -3.26. The van der Waals surface area contributed by atoms with Gasteiger partial charge in [-0.25, -0.2) is 12.7 Å². The Balaban J connectivity index is 1.83. The second kappa shape index (κ2) is 7.26. The third-order valence-electron chi connectivity index (χ3n) is 2.83. The zero-order chi connectivity index (χ0) is 14.6. The Bertz CT molecular complexity index is 567. The fourth-order valence-corrected chi connectivity index (χ4v) is 5.74. The molecule has 1 aliphatic heterocycles. The van der Waals surface area contributed by atoms with Crippen molar-refractivity contribution in [3.8, 4) is 0 Å². The van der Waals surface area contributed by atoms with Crippen LogP contribution in [0.2, 0.25) is 0 Å². The predicted molar refractivity (Wildman–Crippen MR) is 87.0 cm³/mol. The minimum atomic E-state index is -3.26. The van der Waals surface area contributed by atoms with E-state index in [1.807, 2.05) is 0 Å². The SMILES string of the molecule is O=C(NCCS(=O)(=O)N1CCSCC1)c1sccc1Br. The Morgan fingerprint density at radius 1 is 1.40 bits per heavy atom. The average molecular weight is 399 g/mol. The van der Waals surface area contributed by atoms with Crippen molar-refractivity contribution in [2.24, 2.45) is 0 Å². The molecule has 0 radical (unpaired) electrons. The van der Waals surface area contributed by atoms with Gasteiger partial charge in [-0.2, -0.15) is 11.8 Å². The number of halogens is 1. The average Bonchev–Trinajstić information content (AvgIpc) is 2.86. The van der Waals surface area contributed by atoms with Crippen molar-refractivity contribution in [1.82, 2.24) is 9.62 Å². The molecule has 1 N–H and O–H groups in total. The highest BCUT2D eigenvalue weighted by Crippen LogP contribution is 2.22. The van der Waals surface area contributed by atoms with Crippen molar-refractivity contribution in [3.05, 3.63) is 20.8 Å². The third-order valence-corrected chi connectivity index (χ3v) is 7.48. The molecule has 0 unspecified atom stereocenters. The van der Waals surface area contributed by atoms with Gasteiger partial charge in [0.05, 0.1) is 5.75 Å². The second-order valence-electron chi connectivity index (χ2n) is 4.18. The number of nitrogens with zero attached hydrogens (tertiary/aromatic N) is 1. The number of amides is 1. The molecule has 1 aliphatic rings. The zero-order valence-electron chi connectivity index (χ0n) is 10.7. The number of sulfonamides is 1. The molecule has 5 nitrogen and oxygen atoms in total. The van der Waals surface area contributed by atoms with Crippen LogP contribution in [-0.4, -0.2) is 55.5 Å². The minimum Gasteiger partial charge on any atom is -0.350 e. The lowest BCUT2D eigenvalue weighted by atomic mass is 10.4. The molecule has 2 rings (SSSR count). The van der Waals surface area contributed by atoms with Gasteiger partial charge in [0, 0.05) is 35.6 Å². The van der Waals surface area contributed by atoms with Crippen LogP contribution in [0.1, 0.15) is 9.67 Å². The summed E-state index contributed by atoms with van der Waals surface area (Å²) in [4.78, 5) is 12.4. The Morgan fingerprint density at radius 3 is 2.70 bits per heavy atom. The van der Waals surface area contributed by atoms with Crippen molar-refractivity contribution < 1.29 is 13.2 Å². The molecule has 0 aromatic carbocycles. The van der Waals surface area contributed by atoms with E-state index in [9.17, 15) is 13.2 Å². The van der Waals surface area contributed by atoms with E-state index in [-0.39, 0.29) is 18.2 Å². The predicted octanol–water partition coefficient (Wildman–Crippen LogP) is 1.62. The highest BCUT2D eigenvalue weighted by molar-refractivity contribution is 9.10. The summed E-state index contributed by atoms with van der Waals surface area (Å²) < 4.78 is 26.4. The first kappa shape index (κ1) is 16.3. The molecule has 0 bridgehead atoms. The number of carbonyl (C=O) groups excluding carboxylic acids is 1. The Kier molecular flexibility index (Phi) is 5.91. The number of thioether (sulfide) groups is 1. The molecule has 20 heavy (non-hydrogen) atoms. The van der Waals surface area contributed by atoms with Gasteiger partial charge < -0.3 is 5.32 Å². The van der Waals surface area contributed by atoms with Crippen LogP contribution in [0, 0.1) is 0 Å². The Morgan fingerprint density at radius 2 is 2.10 bits per heavy atom. The molecule has 0 atom stereocenters. The molecular formula is C11H15BrN2O3S3. The lowest BCUT2D eigenvalue weighted by Gasteiger charge is -2.25. The van der Waals surface area contributed by atoms with Crippen LogP contribution in [0.25, 0.3) is 0 Å². The smallest absolute Gasteiger partial charge is 0.262 e. The van der Waals surface area contributed by atoms with Crippen LogP contribution in [0.4, 0.5) is 0 Å². The molecule has 112 valence electrons. The maximum Gasteiger partial charge on any atom is 0.262 e. The maximum atomic E-state index is 12.1. The van der Waals surface area contributed by atoms with E-state index in [0.29, 0.717) is 18.0 Å². The number of carbonyl (C=O) groups is 1. The normalized spacial score (nSPS) is 17.1. The van der Waals surface area contributed by atoms with Crippen LogP contribution in [-0.2, 0) is 10.0 Å². The van der Waals surface area contributed by atoms with E-state index >= 15 is 0 Å². The molecule has 9 heteroatoms. The molecule has 1 fully saturated rings. The molecule has 0 spiro atoms. The highest BCUT2D eigenvalue weighted by Gasteiger charge is 2.24. The lowest BCUT2D eigenvalue weighted by molar-refractivity contribution is 0.0959. The first-order valence-electron chi connectivity index (χ1n) is 6.07. The van der Waals surface area contributed by atoms with Gasteiger partial charge in [0.15, 0.2) is 0 Å². The van der Waals surface area contributed by atoms with Gasteiger partial charge >= 0.3 is 0 Å². The van der Waals surface area contributed by atoms with Crippen LogP contribution >= 0.6 is 39.0 Å². The number of hydrogen-bond acceptors (Lipinski definition) is 5. The van der Waals surface area contributed by atoms with Crippen molar-refractivity contribution in [1.29, 1.82) is 0 Å². The maximum absolute atomic E-state index is 12.1. The quantitative estimate of drug-likeness (QED) is 0.817. The first-order chi connectivity index (χ1) is 9.50. The monoisotopic (exact) mass is 398 g/mol. The number of rotatable bonds is 5. The topological polar surface area (TPSA) is 66.5 Å². The summed E-state index contributed by atoms with van der Waals surface area (Å²) >= 11 is 6.37. The van der Waals surface area contributed by atoms with Gasteiger partial charge in [0.2, 0.25) is 10.0 Å². The van der Waals surface area contributed by atoms with Gasteiger partial charge in [-0.15, -0.1) is 11.3 Å². The van der Waals surface area contributed by atoms with Gasteiger partial charge in [0.1, 0.15) is 4.88 Å². The van der Waals surface area contributed by atoms with Crippen molar-refractivity contribution in [2.75, 3.05) is 36.9 Å². The summed E-state index contributed by atoms with van der Waals surface area (Å²) in [6, 6.07) is 1.79. The summed E-state index contributed by atoms with van der Waals surface area (Å²) in [5.41, 5.74) is 0. The third kappa shape index (κ3) is 4.20. The molecule has 2 heterocycles. The molecule has 1 amide bonds. The van der Waals surface area contributed by atoms with E-state index < -0.39 is 10.0 Å². The summed E-state index contributed by atoms with van der Waals surface area (Å²) in [6.07, 6.45) is 0. The minimum absolute atomic E-state index is 0.0492. The highest BCUT2D eigenvalue weighted by atomic mass is 79.9. The largest absolute Gasteiger partial charge is 0.350 e. The van der Waals surface area contributed by atoms with Gasteiger partial charge in [-0.05, 0) is 27.4 Å². The number of thiophene rings is 1. The first-order valence-corrected chi connectivity index (χ1v) is 10.5. The standard InChI is InChI=1S/C11H15BrN2O3S3/c12-9-1-5-19-10(9)11(15)13-2-8-20(16,17)14-3-6-18-7-4-14/h1,5H,2-4,6-8H2,(H,13,15). The van der Waals surface area contributed by atoms with Crippen LogP contribution in [0.15, 0.2) is 15.9 Å². The van der Waals surface area contributed by atoms with E-state index in [0.717, 1.165) is 16.0 Å². The van der Waals surface area contributed by atoms with Crippen molar-refractivity contribution in [2.45, 2.75) is 0 Å². The Hall–Kier alpha value is -0.0900. The van der Waals surface area contributed by atoms with Gasteiger partial charge in [0.25, 0.3) is 5.91 Å². The summed E-state index contributed by atoms with van der Waals surface area (Å²) in [5, 5.41) is 4.46. The molecule has 1 saturated heterocycles. The second-order valence-corrected chi connectivity index (χ2v) is 9.26. The van der Waals surface area contributed by atoms with Gasteiger partial charge in [-0.3, -0.25) is 4.79 Å². The zero-order valence-corrected chi connectivity index (χ0v) is 14.7. The molecule has 0 saturated carbocycles. The molecular weight excluding hydrogens is 384 g/mol. The summed E-state index contributed by atoms with van der Waals surface area (Å²) in [6.45, 7) is 1.27. The Labute approximate surface area is 135 Å². The number of hydrogen-bond donors (Lipinski definition) is 1. The van der Waals surface area contributed by atoms with Crippen LogP contribution < -0.4 is 5.32 Å². The molecule has 1 aromatic heterocycles. The fourth-order valence-electron chi connectivity index (χ4n) is 1.78. The van der Waals surface area contributed by atoms with Crippen LogP contribution in [0.5, 0.6) is 0 Å². The summed E-state index contributed by atoms with van der Waals surface area (Å²) in [5.74, 6) is 1.39. The fraction of sp³-hybridized carbons (Fsp3) is 0.545. The van der Waals surface area contributed by atoms with Gasteiger partial charge in [-0.1, -0.05) is 0 Å². The number of nitrogens with one attached hydrogen (secondary N) is 1. The van der Waals surface area contributed by atoms with E-state index in [2.05, 4.69) is 21.2 Å². The molecule has 1 aromatic rings. The van der Waals surface area contributed by atoms with Crippen LogP contribution in [0.3, 0.4) is 0 Å².